The van der Waals surface area contributed by atoms with Gasteiger partial charge in [0, 0.05) is 32.2 Å². The lowest BCUT2D eigenvalue weighted by molar-refractivity contribution is 0.175. The monoisotopic (exact) mass is 303 g/mol. The Labute approximate surface area is 137 Å². The van der Waals surface area contributed by atoms with Crippen molar-refractivity contribution in [1.29, 1.82) is 5.26 Å². The minimum Gasteiger partial charge on any atom is -0.314 e. The van der Waals surface area contributed by atoms with Gasteiger partial charge in [-0.15, -0.1) is 0 Å². The number of hydrogen-bond acceptors (Lipinski definition) is 3. The fourth-order valence-electron chi connectivity index (χ4n) is 3.91. The van der Waals surface area contributed by atoms with Crippen molar-refractivity contribution in [3.05, 3.63) is 59.2 Å². The Kier molecular flexibility index (Phi) is 3.87. The Morgan fingerprint density at radius 2 is 1.83 bits per heavy atom. The third-order valence-corrected chi connectivity index (χ3v) is 5.08. The molecule has 23 heavy (non-hydrogen) atoms. The van der Waals surface area contributed by atoms with E-state index >= 15 is 0 Å². The molecule has 0 saturated carbocycles. The number of nitriles is 1. The zero-order valence-electron chi connectivity index (χ0n) is 13.3. The van der Waals surface area contributed by atoms with E-state index in [9.17, 15) is 5.26 Å². The molecule has 1 saturated heterocycles. The average Bonchev–Trinajstić information content (AvgIpc) is 2.98. The summed E-state index contributed by atoms with van der Waals surface area (Å²) in [6.45, 7) is 4.06. The van der Waals surface area contributed by atoms with Crippen molar-refractivity contribution in [2.24, 2.45) is 0 Å². The van der Waals surface area contributed by atoms with E-state index in [0.717, 1.165) is 32.6 Å². The molecule has 1 aliphatic heterocycles. The summed E-state index contributed by atoms with van der Waals surface area (Å²) >= 11 is 0. The topological polar surface area (TPSA) is 39.1 Å². The predicted octanol–water partition coefficient (Wildman–Crippen LogP) is 3.12. The van der Waals surface area contributed by atoms with Gasteiger partial charge in [-0.2, -0.15) is 5.26 Å². The molecule has 1 fully saturated rings. The van der Waals surface area contributed by atoms with Gasteiger partial charge in [0.1, 0.15) is 0 Å². The van der Waals surface area contributed by atoms with Gasteiger partial charge in [0.25, 0.3) is 0 Å². The SMILES string of the molecule is N#CC[C@@H](c1ccc2c(c1)Cc1ccccc1-2)N1CCNCC1. The molecule has 4 rings (SSSR count). The van der Waals surface area contributed by atoms with Crippen LogP contribution in [0.25, 0.3) is 11.1 Å². The molecule has 1 N–H and O–H groups in total. The summed E-state index contributed by atoms with van der Waals surface area (Å²) in [4.78, 5) is 2.45. The van der Waals surface area contributed by atoms with Gasteiger partial charge < -0.3 is 5.32 Å². The summed E-state index contributed by atoms with van der Waals surface area (Å²) in [7, 11) is 0. The lowest BCUT2D eigenvalue weighted by Crippen LogP contribution is -2.45. The third kappa shape index (κ3) is 2.65. The quantitative estimate of drug-likeness (QED) is 0.808. The molecule has 0 radical (unpaired) electrons. The van der Waals surface area contributed by atoms with Crippen LogP contribution in [-0.4, -0.2) is 31.1 Å². The first kappa shape index (κ1) is 14.4. The molecule has 3 heteroatoms. The second-order valence-corrected chi connectivity index (χ2v) is 6.41. The molecular weight excluding hydrogens is 282 g/mol. The molecule has 2 aliphatic rings. The first-order valence-corrected chi connectivity index (χ1v) is 8.39. The van der Waals surface area contributed by atoms with Crippen LogP contribution in [0.4, 0.5) is 0 Å². The van der Waals surface area contributed by atoms with E-state index in [4.69, 9.17) is 0 Å². The van der Waals surface area contributed by atoms with E-state index in [2.05, 4.69) is 58.8 Å². The van der Waals surface area contributed by atoms with E-state index in [1.54, 1.807) is 0 Å². The van der Waals surface area contributed by atoms with Gasteiger partial charge in [0.15, 0.2) is 0 Å². The normalized spacial score (nSPS) is 18.0. The minimum atomic E-state index is 0.219. The van der Waals surface area contributed by atoms with Gasteiger partial charge in [-0.1, -0.05) is 42.5 Å². The average molecular weight is 303 g/mol. The van der Waals surface area contributed by atoms with Crippen LogP contribution in [0.3, 0.4) is 0 Å². The van der Waals surface area contributed by atoms with Crippen molar-refractivity contribution < 1.29 is 0 Å². The number of benzene rings is 2. The molecule has 0 spiro atoms. The number of nitrogens with zero attached hydrogens (tertiary/aromatic N) is 2. The largest absolute Gasteiger partial charge is 0.314 e. The van der Waals surface area contributed by atoms with Crippen molar-refractivity contribution in [3.63, 3.8) is 0 Å². The summed E-state index contributed by atoms with van der Waals surface area (Å²) < 4.78 is 0. The van der Waals surface area contributed by atoms with Crippen molar-refractivity contribution in [2.75, 3.05) is 26.2 Å². The van der Waals surface area contributed by atoms with Crippen molar-refractivity contribution >= 4 is 0 Å². The van der Waals surface area contributed by atoms with E-state index < -0.39 is 0 Å². The maximum atomic E-state index is 9.27. The standard InChI is InChI=1S/C20H21N3/c21-8-7-20(23-11-9-22-10-12-23)16-5-6-19-17(14-16)13-15-3-1-2-4-18(15)19/h1-6,14,20,22H,7,9-13H2/t20-/m0/s1. The van der Waals surface area contributed by atoms with Crippen LogP contribution in [0.15, 0.2) is 42.5 Å². The molecule has 0 amide bonds. The van der Waals surface area contributed by atoms with Crippen molar-refractivity contribution in [2.45, 2.75) is 18.9 Å². The van der Waals surface area contributed by atoms with Gasteiger partial charge in [-0.3, -0.25) is 4.90 Å². The summed E-state index contributed by atoms with van der Waals surface area (Å²) in [5.74, 6) is 0. The molecule has 1 atom stereocenters. The molecule has 1 aliphatic carbocycles. The van der Waals surface area contributed by atoms with Crippen LogP contribution in [0.5, 0.6) is 0 Å². The van der Waals surface area contributed by atoms with E-state index in [1.165, 1.54) is 27.8 Å². The molecule has 1 heterocycles. The van der Waals surface area contributed by atoms with Crippen LogP contribution >= 0.6 is 0 Å². The van der Waals surface area contributed by atoms with Crippen LogP contribution in [0.2, 0.25) is 0 Å². The first-order chi connectivity index (χ1) is 11.4. The second-order valence-electron chi connectivity index (χ2n) is 6.41. The highest BCUT2D eigenvalue weighted by Crippen LogP contribution is 2.38. The molecule has 116 valence electrons. The number of nitrogens with one attached hydrogen (secondary N) is 1. The Bertz CT molecular complexity index is 754. The summed E-state index contributed by atoms with van der Waals surface area (Å²) in [5, 5.41) is 12.7. The zero-order chi connectivity index (χ0) is 15.6. The smallest absolute Gasteiger partial charge is 0.0641 e. The Morgan fingerprint density at radius 1 is 1.04 bits per heavy atom. The lowest BCUT2D eigenvalue weighted by atomic mass is 9.96. The van der Waals surface area contributed by atoms with Gasteiger partial charge >= 0.3 is 0 Å². The molecular formula is C20H21N3. The highest BCUT2D eigenvalue weighted by Gasteiger charge is 2.24. The highest BCUT2D eigenvalue weighted by molar-refractivity contribution is 5.77. The van der Waals surface area contributed by atoms with E-state index in [1.807, 2.05) is 0 Å². The third-order valence-electron chi connectivity index (χ3n) is 5.08. The minimum absolute atomic E-state index is 0.219. The molecule has 2 aromatic carbocycles. The predicted molar refractivity (Wildman–Crippen MR) is 92.1 cm³/mol. The van der Waals surface area contributed by atoms with Crippen LogP contribution < -0.4 is 5.32 Å². The van der Waals surface area contributed by atoms with Crippen molar-refractivity contribution in [1.82, 2.24) is 10.2 Å². The van der Waals surface area contributed by atoms with Crippen molar-refractivity contribution in [3.8, 4) is 17.2 Å². The maximum absolute atomic E-state index is 9.27. The Balaban J connectivity index is 1.67. The van der Waals surface area contributed by atoms with Crippen LogP contribution in [0.1, 0.15) is 29.2 Å². The Morgan fingerprint density at radius 3 is 2.65 bits per heavy atom. The molecule has 0 unspecified atom stereocenters. The summed E-state index contributed by atoms with van der Waals surface area (Å²) in [6, 6.07) is 18.1. The highest BCUT2D eigenvalue weighted by atomic mass is 15.2. The number of rotatable bonds is 3. The molecule has 3 nitrogen and oxygen atoms in total. The van der Waals surface area contributed by atoms with E-state index in [-0.39, 0.29) is 6.04 Å². The molecule has 0 bridgehead atoms. The first-order valence-electron chi connectivity index (χ1n) is 8.39. The number of hydrogen-bond donors (Lipinski definition) is 1. The zero-order valence-corrected chi connectivity index (χ0v) is 13.3. The number of piperazine rings is 1. The number of fused-ring (bicyclic) bond motifs is 3. The second kappa shape index (κ2) is 6.16. The van der Waals surface area contributed by atoms with Gasteiger partial charge in [-0.25, -0.2) is 0 Å². The van der Waals surface area contributed by atoms with Gasteiger partial charge in [0.2, 0.25) is 0 Å². The molecule has 0 aromatic heterocycles. The fraction of sp³-hybridized carbons (Fsp3) is 0.350. The fourth-order valence-corrected chi connectivity index (χ4v) is 3.91. The van der Waals surface area contributed by atoms with Crippen LogP contribution in [-0.2, 0) is 6.42 Å². The maximum Gasteiger partial charge on any atom is 0.0641 e. The molecule has 2 aromatic rings. The Hall–Kier alpha value is -2.15. The summed E-state index contributed by atoms with van der Waals surface area (Å²) in [5.41, 5.74) is 6.84. The van der Waals surface area contributed by atoms with Crippen LogP contribution in [0, 0.1) is 11.3 Å². The lowest BCUT2D eigenvalue weighted by Gasteiger charge is -2.34. The summed E-state index contributed by atoms with van der Waals surface area (Å²) in [6.07, 6.45) is 1.58. The van der Waals surface area contributed by atoms with E-state index in [0.29, 0.717) is 6.42 Å². The van der Waals surface area contributed by atoms with Gasteiger partial charge in [-0.05, 0) is 34.2 Å². The van der Waals surface area contributed by atoms with Gasteiger partial charge in [0.05, 0.1) is 12.5 Å².